The summed E-state index contributed by atoms with van der Waals surface area (Å²) < 4.78 is 6.36. The summed E-state index contributed by atoms with van der Waals surface area (Å²) in [6.45, 7) is 8.27. The molecule has 2 saturated heterocycles. The molecule has 1 aromatic rings. The van der Waals surface area contributed by atoms with E-state index in [9.17, 15) is 9.59 Å². The van der Waals surface area contributed by atoms with Crippen molar-refractivity contribution < 1.29 is 14.3 Å². The van der Waals surface area contributed by atoms with Crippen LogP contribution < -0.4 is 5.32 Å². The number of nitrogens with one attached hydrogen (secondary N) is 1. The number of piperidine rings is 1. The maximum Gasteiger partial charge on any atom is 0.251 e. The van der Waals surface area contributed by atoms with Gasteiger partial charge in [0.2, 0.25) is 5.91 Å². The van der Waals surface area contributed by atoms with E-state index >= 15 is 0 Å². The van der Waals surface area contributed by atoms with E-state index in [-0.39, 0.29) is 23.5 Å². The first-order chi connectivity index (χ1) is 12.9. The highest BCUT2D eigenvalue weighted by atomic mass is 16.5. The third-order valence-corrected chi connectivity index (χ3v) is 5.72. The lowest BCUT2D eigenvalue weighted by Crippen LogP contribution is -2.47. The van der Waals surface area contributed by atoms with Gasteiger partial charge in [-0.05, 0) is 50.7 Å². The first-order valence-corrected chi connectivity index (χ1v) is 10.2. The second-order valence-electron chi connectivity index (χ2n) is 8.52. The van der Waals surface area contributed by atoms with Crippen LogP contribution in [-0.4, -0.2) is 48.1 Å². The summed E-state index contributed by atoms with van der Waals surface area (Å²) in [6, 6.07) is 7.62. The Kier molecular flexibility index (Phi) is 6.20. The molecule has 1 aromatic carbocycles. The number of hydrogen-bond donors (Lipinski definition) is 1. The summed E-state index contributed by atoms with van der Waals surface area (Å²) in [4.78, 5) is 26.6. The highest BCUT2D eigenvalue weighted by Gasteiger charge is 2.43. The zero-order valence-corrected chi connectivity index (χ0v) is 16.8. The van der Waals surface area contributed by atoms with Crippen molar-refractivity contribution >= 4 is 11.8 Å². The molecule has 148 valence electrons. The molecule has 1 atom stereocenters. The molecule has 2 aliphatic rings. The Hall–Kier alpha value is -1.88. The van der Waals surface area contributed by atoms with Gasteiger partial charge in [0.15, 0.2) is 0 Å². The number of carbonyl (C=O) groups is 2. The average Bonchev–Trinajstić information content (AvgIpc) is 3.02. The third-order valence-electron chi connectivity index (χ3n) is 5.72. The van der Waals surface area contributed by atoms with Crippen LogP contribution >= 0.6 is 0 Å². The second-order valence-corrected chi connectivity index (χ2v) is 8.52. The lowest BCUT2D eigenvalue weighted by atomic mass is 9.88. The molecular weight excluding hydrogens is 340 g/mol. The van der Waals surface area contributed by atoms with Crippen LogP contribution in [0.15, 0.2) is 24.3 Å². The lowest BCUT2D eigenvalue weighted by Gasteiger charge is -2.39. The van der Waals surface area contributed by atoms with Gasteiger partial charge in [0.25, 0.3) is 5.91 Å². The largest absolute Gasteiger partial charge is 0.370 e. The summed E-state index contributed by atoms with van der Waals surface area (Å²) in [7, 11) is 0. The van der Waals surface area contributed by atoms with Gasteiger partial charge in [-0.3, -0.25) is 9.59 Å². The summed E-state index contributed by atoms with van der Waals surface area (Å²) in [6.07, 6.45) is 4.48. The number of aryl methyl sites for hydroxylation is 1. The fraction of sp³-hybridized carbons (Fsp3) is 0.636. The summed E-state index contributed by atoms with van der Waals surface area (Å²) in [5, 5.41) is 3.01. The van der Waals surface area contributed by atoms with E-state index in [1.54, 1.807) is 0 Å². The smallest absolute Gasteiger partial charge is 0.251 e. The molecule has 0 aliphatic carbocycles. The van der Waals surface area contributed by atoms with E-state index in [1.165, 1.54) is 0 Å². The number of carbonyl (C=O) groups excluding carboxylic acids is 2. The maximum atomic E-state index is 12.3. The third kappa shape index (κ3) is 5.10. The summed E-state index contributed by atoms with van der Waals surface area (Å²) >= 11 is 0. The topological polar surface area (TPSA) is 58.6 Å². The minimum absolute atomic E-state index is 0.0441. The van der Waals surface area contributed by atoms with Gasteiger partial charge in [-0.2, -0.15) is 0 Å². The van der Waals surface area contributed by atoms with Crippen LogP contribution in [0.4, 0.5) is 0 Å². The van der Waals surface area contributed by atoms with Crippen molar-refractivity contribution in [2.75, 3.05) is 19.6 Å². The lowest BCUT2D eigenvalue weighted by molar-refractivity contribution is -0.138. The fourth-order valence-electron chi connectivity index (χ4n) is 4.14. The molecule has 3 rings (SSSR count). The molecule has 2 heterocycles. The van der Waals surface area contributed by atoms with Crippen LogP contribution in [0, 0.1) is 12.8 Å². The Morgan fingerprint density at radius 1 is 1.26 bits per heavy atom. The Morgan fingerprint density at radius 3 is 2.67 bits per heavy atom. The van der Waals surface area contributed by atoms with Crippen LogP contribution in [0.3, 0.4) is 0 Å². The van der Waals surface area contributed by atoms with Crippen LogP contribution in [-0.2, 0) is 9.53 Å². The average molecular weight is 373 g/mol. The zero-order valence-electron chi connectivity index (χ0n) is 16.8. The SMILES string of the molecule is Cc1cccc(C(=O)NC[C@@H]2CCC3(CCN(C(=O)CC(C)C)CC3)O2)c1. The van der Waals surface area contributed by atoms with Crippen molar-refractivity contribution in [2.24, 2.45) is 5.92 Å². The van der Waals surface area contributed by atoms with E-state index < -0.39 is 0 Å². The molecule has 2 aliphatic heterocycles. The Morgan fingerprint density at radius 2 is 2.00 bits per heavy atom. The Balaban J connectivity index is 1.45. The van der Waals surface area contributed by atoms with Crippen molar-refractivity contribution in [2.45, 2.75) is 64.6 Å². The molecule has 0 bridgehead atoms. The highest BCUT2D eigenvalue weighted by Crippen LogP contribution is 2.38. The molecular formula is C22H32N2O3. The van der Waals surface area contributed by atoms with Crippen LogP contribution in [0.25, 0.3) is 0 Å². The van der Waals surface area contributed by atoms with Crippen molar-refractivity contribution in [1.82, 2.24) is 10.2 Å². The van der Waals surface area contributed by atoms with Gasteiger partial charge in [0.1, 0.15) is 0 Å². The van der Waals surface area contributed by atoms with Gasteiger partial charge in [-0.1, -0.05) is 31.5 Å². The zero-order chi connectivity index (χ0) is 19.4. The van der Waals surface area contributed by atoms with E-state index in [0.29, 0.717) is 24.4 Å². The van der Waals surface area contributed by atoms with Crippen LogP contribution in [0.5, 0.6) is 0 Å². The molecule has 0 radical (unpaired) electrons. The van der Waals surface area contributed by atoms with E-state index in [2.05, 4.69) is 19.2 Å². The first kappa shape index (κ1) is 19.9. The molecule has 1 spiro atoms. The normalized spacial score (nSPS) is 21.6. The predicted octanol–water partition coefficient (Wildman–Crippen LogP) is 3.31. The Bertz CT molecular complexity index is 678. The van der Waals surface area contributed by atoms with Gasteiger partial charge in [0, 0.05) is 31.6 Å². The fourth-order valence-corrected chi connectivity index (χ4v) is 4.14. The molecule has 0 unspecified atom stereocenters. The number of likely N-dealkylation sites (tertiary alicyclic amines) is 1. The molecule has 1 N–H and O–H groups in total. The van der Waals surface area contributed by atoms with Crippen molar-refractivity contribution in [3.05, 3.63) is 35.4 Å². The molecule has 5 heteroatoms. The van der Waals surface area contributed by atoms with Gasteiger partial charge in [0.05, 0.1) is 11.7 Å². The number of amides is 2. The van der Waals surface area contributed by atoms with E-state index in [0.717, 1.165) is 44.3 Å². The van der Waals surface area contributed by atoms with Gasteiger partial charge < -0.3 is 15.0 Å². The molecule has 0 saturated carbocycles. The minimum Gasteiger partial charge on any atom is -0.370 e. The van der Waals surface area contributed by atoms with Gasteiger partial charge >= 0.3 is 0 Å². The van der Waals surface area contributed by atoms with Crippen molar-refractivity contribution in [1.29, 1.82) is 0 Å². The molecule has 27 heavy (non-hydrogen) atoms. The van der Waals surface area contributed by atoms with Crippen molar-refractivity contribution in [3.8, 4) is 0 Å². The molecule has 5 nitrogen and oxygen atoms in total. The van der Waals surface area contributed by atoms with Crippen molar-refractivity contribution in [3.63, 3.8) is 0 Å². The number of nitrogens with zero attached hydrogens (tertiary/aromatic N) is 1. The number of rotatable bonds is 5. The van der Waals surface area contributed by atoms with Gasteiger partial charge in [-0.25, -0.2) is 0 Å². The maximum absolute atomic E-state index is 12.3. The summed E-state index contributed by atoms with van der Waals surface area (Å²) in [5.74, 6) is 0.620. The molecule has 2 fully saturated rings. The summed E-state index contributed by atoms with van der Waals surface area (Å²) in [5.41, 5.74) is 1.67. The second kappa shape index (κ2) is 8.42. The van der Waals surface area contributed by atoms with E-state index in [1.807, 2.05) is 36.1 Å². The predicted molar refractivity (Wildman–Crippen MR) is 106 cm³/mol. The number of hydrogen-bond acceptors (Lipinski definition) is 3. The van der Waals surface area contributed by atoms with Gasteiger partial charge in [-0.15, -0.1) is 0 Å². The Labute approximate surface area is 162 Å². The number of ether oxygens (including phenoxy) is 1. The monoisotopic (exact) mass is 372 g/mol. The number of benzene rings is 1. The molecule has 2 amide bonds. The standard InChI is InChI=1S/C22H32N2O3/c1-16(2)13-20(25)24-11-9-22(10-12-24)8-7-19(27-22)15-23-21(26)18-6-4-5-17(3)14-18/h4-6,14,16,19H,7-13,15H2,1-3H3,(H,23,26)/t19-/m0/s1. The quantitative estimate of drug-likeness (QED) is 0.863. The minimum atomic E-state index is -0.104. The van der Waals surface area contributed by atoms with Crippen LogP contribution in [0.2, 0.25) is 0 Å². The van der Waals surface area contributed by atoms with Crippen LogP contribution in [0.1, 0.15) is 61.9 Å². The van der Waals surface area contributed by atoms with E-state index in [4.69, 9.17) is 4.74 Å². The molecule has 0 aromatic heterocycles. The first-order valence-electron chi connectivity index (χ1n) is 10.2. The highest BCUT2D eigenvalue weighted by molar-refractivity contribution is 5.94.